The van der Waals surface area contributed by atoms with Crippen LogP contribution in [0.4, 0.5) is 5.69 Å². The third-order valence-corrected chi connectivity index (χ3v) is 10.7. The van der Waals surface area contributed by atoms with Gasteiger partial charge in [-0.2, -0.15) is 0 Å². The fourth-order valence-corrected chi connectivity index (χ4v) is 7.19. The molecule has 0 bridgehead atoms. The van der Waals surface area contributed by atoms with Crippen LogP contribution in [0.15, 0.2) is 107 Å². The van der Waals surface area contributed by atoms with E-state index in [4.69, 9.17) is 27.9 Å². The number of carbonyl (C=O) groups excluding carboxylic acids is 2. The Balaban J connectivity index is 1.82. The van der Waals surface area contributed by atoms with Crippen molar-refractivity contribution in [2.24, 2.45) is 0 Å². The molecule has 1 atom stereocenters. The quantitative estimate of drug-likeness (QED) is 0.128. The summed E-state index contributed by atoms with van der Waals surface area (Å²) in [4.78, 5) is 30.8. The number of hydrogen-bond donors (Lipinski definition) is 1. The fourth-order valence-electron chi connectivity index (χ4n) is 5.05. The molecule has 0 unspecified atom stereocenters. The van der Waals surface area contributed by atoms with E-state index in [1.807, 2.05) is 57.4 Å². The van der Waals surface area contributed by atoms with Crippen molar-refractivity contribution in [3.05, 3.63) is 118 Å². The van der Waals surface area contributed by atoms with Gasteiger partial charge in [-0.3, -0.25) is 13.9 Å². The van der Waals surface area contributed by atoms with E-state index in [1.54, 1.807) is 54.6 Å². The van der Waals surface area contributed by atoms with Crippen molar-refractivity contribution < 1.29 is 22.7 Å². The van der Waals surface area contributed by atoms with Crippen molar-refractivity contribution >= 4 is 62.5 Å². The van der Waals surface area contributed by atoms with Gasteiger partial charge in [0.25, 0.3) is 10.0 Å². The molecule has 8 nitrogen and oxygen atoms in total. The van der Waals surface area contributed by atoms with Gasteiger partial charge in [-0.05, 0) is 98.8 Å². The number of thioether (sulfide) groups is 1. The fraction of sp³-hybridized carbons (Fsp3) is 0.278. The number of halogens is 2. The van der Waals surface area contributed by atoms with Gasteiger partial charge in [-0.1, -0.05) is 59.6 Å². The third kappa shape index (κ3) is 9.69. The molecule has 4 aromatic carbocycles. The minimum Gasteiger partial charge on any atom is -0.494 e. The molecule has 0 saturated carbocycles. The van der Waals surface area contributed by atoms with Gasteiger partial charge >= 0.3 is 0 Å². The molecular formula is C36H39Cl2N3O5S2. The minimum absolute atomic E-state index is 0.0244. The monoisotopic (exact) mass is 727 g/mol. The standard InChI is InChI=1S/C36H39Cl2N3O5S2/c1-5-46-29-14-12-28(13-15-29)41(48(44,45)31-18-16-30(47-4)17-19-31)24-35(42)40(23-27-11-20-32(37)33(38)21-27)34(36(43)39-25(2)3)22-26-9-7-6-8-10-26/h6-21,25,34H,5,22-24H2,1-4H3,(H,39,43)/t34-/m0/s1. The van der Waals surface area contributed by atoms with Crippen LogP contribution in [0, 0.1) is 0 Å². The van der Waals surface area contributed by atoms with Gasteiger partial charge in [0.05, 0.1) is 27.2 Å². The Morgan fingerprint density at radius 3 is 2.12 bits per heavy atom. The summed E-state index contributed by atoms with van der Waals surface area (Å²) >= 11 is 14.0. The summed E-state index contributed by atoms with van der Waals surface area (Å²) in [5.41, 5.74) is 1.72. The van der Waals surface area contributed by atoms with Gasteiger partial charge in [0.15, 0.2) is 0 Å². The van der Waals surface area contributed by atoms with Crippen molar-refractivity contribution in [2.45, 2.75) is 55.6 Å². The van der Waals surface area contributed by atoms with Crippen LogP contribution in [0.25, 0.3) is 0 Å². The van der Waals surface area contributed by atoms with E-state index in [0.717, 1.165) is 14.8 Å². The zero-order valence-corrected chi connectivity index (χ0v) is 30.4. The van der Waals surface area contributed by atoms with E-state index in [2.05, 4.69) is 5.32 Å². The van der Waals surface area contributed by atoms with Gasteiger partial charge in [0.1, 0.15) is 18.3 Å². The van der Waals surface area contributed by atoms with Crippen molar-refractivity contribution in [2.75, 3.05) is 23.7 Å². The molecule has 48 heavy (non-hydrogen) atoms. The largest absolute Gasteiger partial charge is 0.494 e. The number of amides is 2. The molecule has 254 valence electrons. The molecule has 1 N–H and O–H groups in total. The van der Waals surface area contributed by atoms with E-state index in [1.165, 1.54) is 28.8 Å². The maximum Gasteiger partial charge on any atom is 0.264 e. The lowest BCUT2D eigenvalue weighted by molar-refractivity contribution is -0.140. The number of hydrogen-bond acceptors (Lipinski definition) is 6. The zero-order chi connectivity index (χ0) is 34.8. The summed E-state index contributed by atoms with van der Waals surface area (Å²) in [5, 5.41) is 3.58. The summed E-state index contributed by atoms with van der Waals surface area (Å²) in [6.45, 7) is 5.36. The minimum atomic E-state index is -4.25. The van der Waals surface area contributed by atoms with Crippen LogP contribution in [-0.4, -0.2) is 56.6 Å². The average Bonchev–Trinajstić information content (AvgIpc) is 3.07. The summed E-state index contributed by atoms with van der Waals surface area (Å²) in [5.74, 6) is -0.395. The summed E-state index contributed by atoms with van der Waals surface area (Å²) in [6.07, 6.45) is 2.09. The molecule has 2 amide bonds. The molecule has 0 aromatic heterocycles. The predicted octanol–water partition coefficient (Wildman–Crippen LogP) is 7.47. The first-order chi connectivity index (χ1) is 22.9. The Morgan fingerprint density at radius 2 is 1.54 bits per heavy atom. The summed E-state index contributed by atoms with van der Waals surface area (Å²) in [7, 11) is -4.25. The van der Waals surface area contributed by atoms with Crippen molar-refractivity contribution in [1.29, 1.82) is 0 Å². The number of sulfonamides is 1. The smallest absolute Gasteiger partial charge is 0.264 e. The number of carbonyl (C=O) groups is 2. The first kappa shape index (κ1) is 37.1. The second-order valence-electron chi connectivity index (χ2n) is 11.3. The lowest BCUT2D eigenvalue weighted by Crippen LogP contribution is -2.54. The molecule has 0 spiro atoms. The SMILES string of the molecule is CCOc1ccc(N(CC(=O)N(Cc2ccc(Cl)c(Cl)c2)[C@@H](Cc2ccccc2)C(=O)NC(C)C)S(=O)(=O)c2ccc(SC)cc2)cc1. The van der Waals surface area contributed by atoms with Crippen LogP contribution in [-0.2, 0) is 32.6 Å². The number of nitrogens with zero attached hydrogens (tertiary/aromatic N) is 2. The first-order valence-electron chi connectivity index (χ1n) is 15.4. The van der Waals surface area contributed by atoms with Crippen LogP contribution >= 0.6 is 35.0 Å². The molecule has 0 radical (unpaired) electrons. The lowest BCUT2D eigenvalue weighted by Gasteiger charge is -2.34. The van der Waals surface area contributed by atoms with Crippen molar-refractivity contribution in [3.8, 4) is 5.75 Å². The highest BCUT2D eigenvalue weighted by molar-refractivity contribution is 7.98. The lowest BCUT2D eigenvalue weighted by atomic mass is 10.0. The molecule has 4 aromatic rings. The highest BCUT2D eigenvalue weighted by Gasteiger charge is 2.35. The van der Waals surface area contributed by atoms with E-state index in [-0.39, 0.29) is 35.5 Å². The number of rotatable bonds is 15. The maximum atomic E-state index is 14.6. The van der Waals surface area contributed by atoms with Gasteiger partial charge < -0.3 is 15.0 Å². The van der Waals surface area contributed by atoms with E-state index in [9.17, 15) is 18.0 Å². The molecule has 0 heterocycles. The van der Waals surface area contributed by atoms with Gasteiger partial charge in [0, 0.05) is 23.9 Å². The highest BCUT2D eigenvalue weighted by Crippen LogP contribution is 2.29. The zero-order valence-electron chi connectivity index (χ0n) is 27.2. The Bertz CT molecular complexity index is 1790. The van der Waals surface area contributed by atoms with E-state index < -0.39 is 28.5 Å². The van der Waals surface area contributed by atoms with Crippen molar-refractivity contribution in [3.63, 3.8) is 0 Å². The number of nitrogens with one attached hydrogen (secondary N) is 1. The van der Waals surface area contributed by atoms with Gasteiger partial charge in [-0.25, -0.2) is 8.42 Å². The van der Waals surface area contributed by atoms with Crippen LogP contribution in [0.1, 0.15) is 31.9 Å². The number of benzene rings is 4. The third-order valence-electron chi connectivity index (χ3n) is 7.40. The van der Waals surface area contributed by atoms with Crippen LogP contribution in [0.5, 0.6) is 5.75 Å². The number of anilines is 1. The molecule has 12 heteroatoms. The van der Waals surface area contributed by atoms with Crippen LogP contribution in [0.2, 0.25) is 10.0 Å². The Hall–Kier alpha value is -3.70. The highest BCUT2D eigenvalue weighted by atomic mass is 35.5. The molecular weight excluding hydrogens is 689 g/mol. The first-order valence-corrected chi connectivity index (χ1v) is 18.8. The van der Waals surface area contributed by atoms with Crippen molar-refractivity contribution in [1.82, 2.24) is 10.2 Å². The number of ether oxygens (including phenoxy) is 1. The molecule has 0 aliphatic heterocycles. The normalized spacial score (nSPS) is 12.0. The van der Waals surface area contributed by atoms with Crippen LogP contribution in [0.3, 0.4) is 0 Å². The Labute approximate surface area is 297 Å². The molecule has 0 aliphatic rings. The van der Waals surface area contributed by atoms with E-state index >= 15 is 0 Å². The molecule has 0 fully saturated rings. The molecule has 0 aliphatic carbocycles. The predicted molar refractivity (Wildman–Crippen MR) is 195 cm³/mol. The Kier molecular flexibility index (Phi) is 13.2. The van der Waals surface area contributed by atoms with E-state index in [0.29, 0.717) is 28.0 Å². The average molecular weight is 729 g/mol. The second-order valence-corrected chi connectivity index (χ2v) is 14.8. The maximum absolute atomic E-state index is 14.6. The van der Waals surface area contributed by atoms with Crippen LogP contribution < -0.4 is 14.4 Å². The summed E-state index contributed by atoms with van der Waals surface area (Å²) < 4.78 is 35.2. The Morgan fingerprint density at radius 1 is 0.875 bits per heavy atom. The second kappa shape index (κ2) is 17.1. The molecule has 4 rings (SSSR count). The van der Waals surface area contributed by atoms with Gasteiger partial charge in [0.2, 0.25) is 11.8 Å². The van der Waals surface area contributed by atoms with Gasteiger partial charge in [-0.15, -0.1) is 11.8 Å². The summed E-state index contributed by atoms with van der Waals surface area (Å²) in [6, 6.07) is 26.2. The molecule has 0 saturated heterocycles. The topological polar surface area (TPSA) is 96.0 Å².